The van der Waals surface area contributed by atoms with Crippen molar-refractivity contribution in [1.82, 2.24) is 0 Å². The van der Waals surface area contributed by atoms with Crippen LogP contribution < -0.4 is 0 Å². The molecule has 6 saturated heterocycles. The van der Waals surface area contributed by atoms with E-state index in [1.165, 1.54) is 0 Å². The van der Waals surface area contributed by atoms with Gasteiger partial charge in [0.1, 0.15) is 0 Å². The van der Waals surface area contributed by atoms with Gasteiger partial charge in [0.25, 0.3) is 0 Å². The molecule has 6 aliphatic rings. The highest BCUT2D eigenvalue weighted by molar-refractivity contribution is 7.01. The predicted octanol–water partition coefficient (Wildman–Crippen LogP) is 7.40. The highest BCUT2D eigenvalue weighted by Gasteiger charge is 2.81. The first-order chi connectivity index (χ1) is 22.1. The zero-order valence-corrected chi connectivity index (χ0v) is 39.9. The summed E-state index contributed by atoms with van der Waals surface area (Å²) in [6.07, 6.45) is 0. The molecule has 48 heavy (non-hydrogen) atoms. The maximum atomic E-state index is 7.63. The second-order valence-electron chi connectivity index (χ2n) is 17.4. The van der Waals surface area contributed by atoms with Gasteiger partial charge in [-0.1, -0.05) is 96.9 Å². The second kappa shape index (κ2) is 14.5. The Kier molecular flexibility index (Phi) is 12.2. The number of hydrogen-bond donors (Lipinski definition) is 0. The van der Waals surface area contributed by atoms with Gasteiger partial charge in [-0.25, -0.2) is 0 Å². The Hall–Kier alpha value is 1.26. The smallest absolute Gasteiger partial charge is 0.373 e. The van der Waals surface area contributed by atoms with Crippen LogP contribution in [-0.2, 0) is 49.4 Å². The van der Waals surface area contributed by atoms with Crippen molar-refractivity contribution in [2.75, 3.05) is 0 Å². The van der Waals surface area contributed by atoms with Crippen LogP contribution >= 0.6 is 0 Å². The van der Waals surface area contributed by atoms with Crippen molar-refractivity contribution in [2.24, 2.45) is 41.4 Å². The average molecular weight is 816 g/mol. The van der Waals surface area contributed by atoms with E-state index >= 15 is 0 Å². The third-order valence-electron chi connectivity index (χ3n) is 8.12. The fraction of sp³-hybridized carbons (Fsp3) is 1.00. The molecule has 1 radical (unpaired) electrons. The highest BCUT2D eigenvalue weighted by Crippen LogP contribution is 2.53. The monoisotopic (exact) mass is 815 g/mol. The van der Waals surface area contributed by atoms with Gasteiger partial charge in [-0.2, -0.15) is 0 Å². The Morgan fingerprint density at radius 1 is 0.271 bits per heavy atom. The van der Waals surface area contributed by atoms with Crippen molar-refractivity contribution in [3.05, 3.63) is 0 Å². The average Bonchev–Trinajstić information content (AvgIpc) is 2.75. The molecule has 6 rings (SSSR count). The molecule has 0 aromatic rings. The van der Waals surface area contributed by atoms with E-state index in [0.29, 0.717) is 42.3 Å². The van der Waals surface area contributed by atoms with E-state index in [-0.39, 0.29) is 41.4 Å². The first kappa shape index (κ1) is 40.4. The molecule has 12 nitrogen and oxygen atoms in total. The summed E-state index contributed by atoms with van der Waals surface area (Å²) in [6.45, 7) is 30.2. The van der Waals surface area contributed by atoms with Gasteiger partial charge in [0.2, 0.25) is 0 Å². The van der Waals surface area contributed by atoms with Gasteiger partial charge in [0.05, 0.1) is 0 Å². The van der Waals surface area contributed by atoms with Gasteiger partial charge in [-0.3, -0.25) is 0 Å². The molecule has 20 heteroatoms. The van der Waals surface area contributed by atoms with E-state index in [4.69, 9.17) is 49.4 Å². The summed E-state index contributed by atoms with van der Waals surface area (Å²) in [7, 11) is -29.0. The third kappa shape index (κ3) is 9.13. The van der Waals surface area contributed by atoms with Crippen molar-refractivity contribution in [1.29, 1.82) is 0 Å². The Labute approximate surface area is 300 Å². The normalized spacial score (nSPS) is 41.7. The lowest BCUT2D eigenvalue weighted by Gasteiger charge is -2.62. The molecule has 0 atom stereocenters. The Bertz CT molecular complexity index is 984. The zero-order valence-electron chi connectivity index (χ0n) is 31.9. The van der Waals surface area contributed by atoms with Crippen LogP contribution in [0, 0.1) is 41.4 Å². The van der Waals surface area contributed by atoms with Crippen molar-refractivity contribution >= 4 is 71.2 Å². The molecular formula is C28H63O12Si8. The highest BCUT2D eigenvalue weighted by atomic mass is 28.6. The van der Waals surface area contributed by atoms with Crippen LogP contribution in [0.25, 0.3) is 0 Å². The zero-order chi connectivity index (χ0) is 35.6. The van der Waals surface area contributed by atoms with Gasteiger partial charge >= 0.3 is 71.2 Å². The molecule has 0 spiro atoms. The molecule has 6 fully saturated rings. The number of hydrogen-bond acceptors (Lipinski definition) is 12. The first-order valence-corrected chi connectivity index (χ1v) is 33.1. The molecule has 279 valence electrons. The van der Waals surface area contributed by atoms with Crippen LogP contribution in [0.5, 0.6) is 0 Å². The van der Waals surface area contributed by atoms with E-state index in [2.05, 4.69) is 96.9 Å². The SMILES string of the molecule is CC(C)C[Si]12O[Si]3O[Si]4(CC(C)C)O[Si](CC(C)C)(O1)O[Si]1(CC(C)C)O[Si](CC(C)C)(O2)O[Si](CC(C)C)(O3)O[Si](CC(C)C)(O4)O1. The lowest BCUT2D eigenvalue weighted by molar-refractivity contribution is -0.0264. The molecule has 0 saturated carbocycles. The molecule has 6 aliphatic heterocycles. The quantitative estimate of drug-likeness (QED) is 0.163. The summed E-state index contributed by atoms with van der Waals surface area (Å²) in [5.74, 6) is 1.13. The van der Waals surface area contributed by atoms with Crippen molar-refractivity contribution in [3.63, 3.8) is 0 Å². The Morgan fingerprint density at radius 2 is 0.417 bits per heavy atom. The van der Waals surface area contributed by atoms with Crippen LogP contribution in [0.3, 0.4) is 0 Å². The largest absolute Gasteiger partial charge is 0.553 e. The molecule has 0 amide bonds. The molecule has 8 bridgehead atoms. The van der Waals surface area contributed by atoms with Crippen LogP contribution in [0.15, 0.2) is 0 Å². The van der Waals surface area contributed by atoms with Gasteiger partial charge < -0.3 is 49.4 Å². The number of rotatable bonds is 14. The van der Waals surface area contributed by atoms with Crippen LogP contribution in [0.2, 0.25) is 42.3 Å². The predicted molar refractivity (Wildman–Crippen MR) is 197 cm³/mol. The molecular weight excluding hydrogens is 753 g/mol. The lowest BCUT2D eigenvalue weighted by atomic mass is 10.3. The third-order valence-corrected chi connectivity index (χ3v) is 45.5. The molecule has 6 heterocycles. The minimum absolute atomic E-state index is 0.157. The molecule has 0 N–H and O–H groups in total. The van der Waals surface area contributed by atoms with E-state index in [0.717, 1.165) is 0 Å². The summed E-state index contributed by atoms with van der Waals surface area (Å²) in [6, 6.07) is 3.59. The summed E-state index contributed by atoms with van der Waals surface area (Å²) >= 11 is 0. The lowest BCUT2D eigenvalue weighted by Crippen LogP contribution is -2.87. The maximum absolute atomic E-state index is 7.63. The fourth-order valence-electron chi connectivity index (χ4n) is 7.39. The van der Waals surface area contributed by atoms with Gasteiger partial charge in [0, 0.05) is 42.3 Å². The van der Waals surface area contributed by atoms with Crippen LogP contribution in [-0.4, -0.2) is 71.2 Å². The molecule has 0 unspecified atom stereocenters. The summed E-state index contributed by atoms with van der Waals surface area (Å²) in [5, 5.41) is 0. The fourth-order valence-corrected chi connectivity index (χ4v) is 54.5. The standard InChI is InChI=1S/C28H63O12Si8/c1-22(2)15-42-29-41-30-43(16-23(3)4)34-45(32-42,18-25(7)8)38-48(21-28(13)14)39-46(33-42,19-26(9)10)35-44(31-41,17-24(5)6)37-47(36-43,40-48)20-27(11)12/h22-28H,15-21H2,1-14H3. The Balaban J connectivity index is 1.89. The van der Waals surface area contributed by atoms with Crippen molar-refractivity contribution in [3.8, 4) is 0 Å². The Morgan fingerprint density at radius 3 is 0.583 bits per heavy atom. The van der Waals surface area contributed by atoms with Crippen molar-refractivity contribution < 1.29 is 49.4 Å². The van der Waals surface area contributed by atoms with Crippen LogP contribution in [0.1, 0.15) is 96.9 Å². The van der Waals surface area contributed by atoms with Gasteiger partial charge in [-0.05, 0) is 41.4 Å². The van der Waals surface area contributed by atoms with Gasteiger partial charge in [-0.15, -0.1) is 0 Å². The second-order valence-corrected chi connectivity index (χ2v) is 40.2. The maximum Gasteiger partial charge on any atom is 0.553 e. The van der Waals surface area contributed by atoms with E-state index < -0.39 is 71.2 Å². The van der Waals surface area contributed by atoms with Gasteiger partial charge in [0.15, 0.2) is 0 Å². The minimum atomic E-state index is -3.81. The summed E-state index contributed by atoms with van der Waals surface area (Å²) < 4.78 is 89.7. The molecule has 0 aromatic heterocycles. The summed E-state index contributed by atoms with van der Waals surface area (Å²) in [5.41, 5.74) is 0. The summed E-state index contributed by atoms with van der Waals surface area (Å²) in [4.78, 5) is 0. The van der Waals surface area contributed by atoms with Crippen molar-refractivity contribution in [2.45, 2.75) is 139 Å². The van der Waals surface area contributed by atoms with Crippen LogP contribution in [0.4, 0.5) is 0 Å². The van der Waals surface area contributed by atoms with E-state index in [9.17, 15) is 0 Å². The topological polar surface area (TPSA) is 111 Å². The van der Waals surface area contributed by atoms with E-state index in [1.54, 1.807) is 0 Å². The van der Waals surface area contributed by atoms with E-state index in [1.807, 2.05) is 0 Å². The molecule has 0 aromatic carbocycles. The first-order valence-electron chi connectivity index (χ1n) is 18.3. The minimum Gasteiger partial charge on any atom is -0.373 e. The molecule has 0 aliphatic carbocycles.